The van der Waals surface area contributed by atoms with Crippen molar-refractivity contribution < 1.29 is 0 Å². The molecule has 0 bridgehead atoms. The maximum Gasteiger partial charge on any atom is 0.0812 e. The van der Waals surface area contributed by atoms with Crippen molar-refractivity contribution in [3.63, 3.8) is 0 Å². The Hall–Kier alpha value is -0.530. The summed E-state index contributed by atoms with van der Waals surface area (Å²) in [5.74, 6) is 0. The van der Waals surface area contributed by atoms with Crippen molar-refractivity contribution in [2.75, 3.05) is 0 Å². The molecule has 1 aromatic carbocycles. The van der Waals surface area contributed by atoms with Gasteiger partial charge in [0, 0.05) is 11.2 Å². The van der Waals surface area contributed by atoms with Crippen molar-refractivity contribution in [2.45, 2.75) is 26.2 Å². The van der Waals surface area contributed by atoms with Crippen molar-refractivity contribution in [1.29, 1.82) is 0 Å². The van der Waals surface area contributed by atoms with Gasteiger partial charge in [-0.15, -0.1) is 0 Å². The van der Waals surface area contributed by atoms with Crippen LogP contribution in [0, 0.1) is 0 Å². The summed E-state index contributed by atoms with van der Waals surface area (Å²) in [6, 6.07) is 5.32. The number of benzene rings is 1. The van der Waals surface area contributed by atoms with Gasteiger partial charge in [0.1, 0.15) is 0 Å². The van der Waals surface area contributed by atoms with Crippen molar-refractivity contribution >= 4 is 35.1 Å². The first kappa shape index (κ1) is 11.5. The van der Waals surface area contributed by atoms with E-state index < -0.39 is 0 Å². The number of unbranched alkanes of at least 4 members (excludes halogenated alkanes) is 2. The van der Waals surface area contributed by atoms with Gasteiger partial charge in [-0.25, -0.2) is 0 Å². The molecule has 14 heavy (non-hydrogen) atoms. The molecule has 0 fully saturated rings. The monoisotopic (exact) mass is 229 g/mol. The standard InChI is InChI=1S/C11H13Cl2N/c1-2-3-4-7-14-11-6-5-9(12)8-10(11)13/h5-8H,2-4H2,1H3. The van der Waals surface area contributed by atoms with E-state index in [2.05, 4.69) is 11.9 Å². The molecule has 0 aliphatic heterocycles. The minimum atomic E-state index is 0.602. The fourth-order valence-corrected chi connectivity index (χ4v) is 1.50. The smallest absolute Gasteiger partial charge is 0.0812 e. The SMILES string of the molecule is CCCCC=Nc1ccc(Cl)cc1Cl. The number of nitrogens with zero attached hydrogens (tertiary/aromatic N) is 1. The van der Waals surface area contributed by atoms with Crippen LogP contribution in [-0.4, -0.2) is 6.21 Å². The highest BCUT2D eigenvalue weighted by Gasteiger charge is 1.97. The summed E-state index contributed by atoms with van der Waals surface area (Å²) in [7, 11) is 0. The Bertz CT molecular complexity index is 321. The third-order valence-corrected chi connectivity index (χ3v) is 2.36. The molecule has 0 aliphatic rings. The van der Waals surface area contributed by atoms with E-state index >= 15 is 0 Å². The van der Waals surface area contributed by atoms with Crippen LogP contribution in [0.5, 0.6) is 0 Å². The van der Waals surface area contributed by atoms with E-state index in [1.165, 1.54) is 6.42 Å². The summed E-state index contributed by atoms with van der Waals surface area (Å²) in [4.78, 5) is 4.27. The fourth-order valence-electron chi connectivity index (χ4n) is 1.04. The number of rotatable bonds is 4. The van der Waals surface area contributed by atoms with Crippen LogP contribution < -0.4 is 0 Å². The summed E-state index contributed by atoms with van der Waals surface area (Å²) >= 11 is 11.7. The predicted octanol–water partition coefficient (Wildman–Crippen LogP) is 4.89. The van der Waals surface area contributed by atoms with Crippen LogP contribution in [0.4, 0.5) is 5.69 Å². The Morgan fingerprint density at radius 1 is 1.36 bits per heavy atom. The molecule has 0 unspecified atom stereocenters. The Morgan fingerprint density at radius 3 is 2.79 bits per heavy atom. The lowest BCUT2D eigenvalue weighted by molar-refractivity contribution is 0.843. The van der Waals surface area contributed by atoms with Crippen molar-refractivity contribution in [1.82, 2.24) is 0 Å². The zero-order chi connectivity index (χ0) is 10.4. The highest BCUT2D eigenvalue weighted by atomic mass is 35.5. The van der Waals surface area contributed by atoms with Gasteiger partial charge >= 0.3 is 0 Å². The van der Waals surface area contributed by atoms with Crippen molar-refractivity contribution in [3.05, 3.63) is 28.2 Å². The molecule has 0 amide bonds. The Morgan fingerprint density at radius 2 is 2.14 bits per heavy atom. The van der Waals surface area contributed by atoms with Crippen LogP contribution in [0.2, 0.25) is 10.0 Å². The van der Waals surface area contributed by atoms with Gasteiger partial charge < -0.3 is 0 Å². The zero-order valence-corrected chi connectivity index (χ0v) is 9.65. The molecule has 0 spiro atoms. The lowest BCUT2D eigenvalue weighted by atomic mass is 10.3. The largest absolute Gasteiger partial charge is 0.260 e. The summed E-state index contributed by atoms with van der Waals surface area (Å²) in [5.41, 5.74) is 0.784. The molecule has 0 aromatic heterocycles. The van der Waals surface area contributed by atoms with E-state index in [0.29, 0.717) is 10.0 Å². The minimum absolute atomic E-state index is 0.602. The molecule has 76 valence electrons. The molecule has 0 saturated carbocycles. The van der Waals surface area contributed by atoms with Gasteiger partial charge in [-0.2, -0.15) is 0 Å². The molecule has 1 rings (SSSR count). The summed E-state index contributed by atoms with van der Waals surface area (Å²) < 4.78 is 0. The van der Waals surface area contributed by atoms with E-state index in [1.807, 2.05) is 12.3 Å². The maximum atomic E-state index is 5.94. The van der Waals surface area contributed by atoms with Crippen molar-refractivity contribution in [2.24, 2.45) is 4.99 Å². The average Bonchev–Trinajstić information content (AvgIpc) is 2.15. The summed E-state index contributed by atoms with van der Waals surface area (Å²) in [6.45, 7) is 2.16. The molecule has 0 N–H and O–H groups in total. The third kappa shape index (κ3) is 3.69. The van der Waals surface area contributed by atoms with E-state index in [9.17, 15) is 0 Å². The molecular formula is C11H13Cl2N. The van der Waals surface area contributed by atoms with E-state index in [4.69, 9.17) is 23.2 Å². The molecule has 0 radical (unpaired) electrons. The Balaban J connectivity index is 2.62. The van der Waals surface area contributed by atoms with Gasteiger partial charge in [0.2, 0.25) is 0 Å². The predicted molar refractivity (Wildman–Crippen MR) is 64.1 cm³/mol. The Labute approximate surface area is 94.8 Å². The van der Waals surface area contributed by atoms with Crippen LogP contribution in [-0.2, 0) is 0 Å². The quantitative estimate of drug-likeness (QED) is 0.516. The fraction of sp³-hybridized carbons (Fsp3) is 0.364. The second-order valence-electron chi connectivity index (χ2n) is 3.05. The van der Waals surface area contributed by atoms with Crippen LogP contribution in [0.3, 0.4) is 0 Å². The van der Waals surface area contributed by atoms with Gasteiger partial charge in [0.05, 0.1) is 10.7 Å². The highest BCUT2D eigenvalue weighted by Crippen LogP contribution is 2.27. The Kier molecular flexibility index (Phi) is 4.99. The van der Waals surface area contributed by atoms with Gasteiger partial charge in [0.25, 0.3) is 0 Å². The topological polar surface area (TPSA) is 12.4 Å². The molecule has 0 saturated heterocycles. The highest BCUT2D eigenvalue weighted by molar-refractivity contribution is 6.36. The van der Waals surface area contributed by atoms with E-state index in [1.54, 1.807) is 12.1 Å². The molecule has 1 aromatic rings. The summed E-state index contributed by atoms with van der Waals surface area (Å²) in [5, 5.41) is 1.24. The average molecular weight is 230 g/mol. The van der Waals surface area contributed by atoms with Gasteiger partial charge in [-0.3, -0.25) is 4.99 Å². The number of halogens is 2. The first-order valence-electron chi connectivity index (χ1n) is 4.71. The normalized spacial score (nSPS) is 11.1. The lowest BCUT2D eigenvalue weighted by Gasteiger charge is -1.97. The molecule has 3 heteroatoms. The van der Waals surface area contributed by atoms with Crippen LogP contribution in [0.15, 0.2) is 23.2 Å². The minimum Gasteiger partial charge on any atom is -0.260 e. The second kappa shape index (κ2) is 6.05. The van der Waals surface area contributed by atoms with Crippen molar-refractivity contribution in [3.8, 4) is 0 Å². The van der Waals surface area contributed by atoms with E-state index in [0.717, 1.165) is 18.5 Å². The summed E-state index contributed by atoms with van der Waals surface area (Å²) in [6.07, 6.45) is 5.24. The maximum absolute atomic E-state index is 5.94. The number of hydrogen-bond acceptors (Lipinski definition) is 1. The molecule has 0 atom stereocenters. The van der Waals surface area contributed by atoms with E-state index in [-0.39, 0.29) is 0 Å². The van der Waals surface area contributed by atoms with Gasteiger partial charge in [-0.1, -0.05) is 36.5 Å². The third-order valence-electron chi connectivity index (χ3n) is 1.83. The molecule has 1 nitrogen and oxygen atoms in total. The lowest BCUT2D eigenvalue weighted by Crippen LogP contribution is -1.75. The van der Waals surface area contributed by atoms with Gasteiger partial charge in [0.15, 0.2) is 0 Å². The van der Waals surface area contributed by atoms with Crippen LogP contribution in [0.25, 0.3) is 0 Å². The number of aliphatic imine (C=N–C) groups is 1. The number of hydrogen-bond donors (Lipinski definition) is 0. The van der Waals surface area contributed by atoms with Crippen LogP contribution >= 0.6 is 23.2 Å². The molecule has 0 aliphatic carbocycles. The first-order chi connectivity index (χ1) is 6.74. The zero-order valence-electron chi connectivity index (χ0n) is 8.13. The molecule has 0 heterocycles. The first-order valence-corrected chi connectivity index (χ1v) is 5.47. The van der Waals surface area contributed by atoms with Crippen LogP contribution in [0.1, 0.15) is 26.2 Å². The molecular weight excluding hydrogens is 217 g/mol. The second-order valence-corrected chi connectivity index (χ2v) is 3.89. The van der Waals surface area contributed by atoms with Gasteiger partial charge in [-0.05, 0) is 31.0 Å².